The molecule has 16 rings (SSSR count). The summed E-state index contributed by atoms with van der Waals surface area (Å²) in [6.07, 6.45) is 11.3. The number of alkyl halides is 2. The average molecular weight is 1370 g/mol. The lowest BCUT2D eigenvalue weighted by molar-refractivity contribution is -0.125. The largest absolute Gasteiger partial charge is 0.461 e. The van der Waals surface area contributed by atoms with Gasteiger partial charge in [0, 0.05) is 153 Å². The fourth-order valence-corrected chi connectivity index (χ4v) is 16.9. The first-order valence-corrected chi connectivity index (χ1v) is 34.8. The number of hydrogen-bond donors (Lipinski definition) is 0. The highest BCUT2D eigenvalue weighted by Crippen LogP contribution is 2.52. The average Bonchev–Trinajstić information content (AvgIpc) is 1.72. The maximum atomic E-state index is 17.9. The second-order valence-corrected chi connectivity index (χ2v) is 28.9. The van der Waals surface area contributed by atoms with Gasteiger partial charge in [-0.15, -0.1) is 6.58 Å². The first-order valence-electron chi connectivity index (χ1n) is 34.4. The lowest BCUT2D eigenvalue weighted by atomic mass is 9.93. The van der Waals surface area contributed by atoms with Crippen LogP contribution in [-0.2, 0) is 4.79 Å². The Balaban J connectivity index is 0.712. The normalized spacial score (nSPS) is 24.3. The Kier molecular flexibility index (Phi) is 17.0. The van der Waals surface area contributed by atoms with Gasteiger partial charge in [0.2, 0.25) is 5.91 Å². The van der Waals surface area contributed by atoms with Crippen LogP contribution in [0.25, 0.3) is 71.9 Å². The van der Waals surface area contributed by atoms with Crippen LogP contribution in [0, 0.1) is 29.2 Å². The third kappa shape index (κ3) is 11.8. The van der Waals surface area contributed by atoms with Gasteiger partial charge in [-0.3, -0.25) is 29.5 Å². The molecule has 1 saturated carbocycles. The van der Waals surface area contributed by atoms with Crippen LogP contribution in [0.3, 0.4) is 0 Å². The number of carbonyl (C=O) groups is 1. The number of hydrogen-bond acceptors (Lipinski definition) is 17. The molecular weight excluding hydrogens is 1300 g/mol. The van der Waals surface area contributed by atoms with Gasteiger partial charge in [-0.05, 0) is 86.7 Å². The van der Waals surface area contributed by atoms with Gasteiger partial charge in [-0.1, -0.05) is 85.2 Å². The molecule has 6 saturated heterocycles. The quantitative estimate of drug-likeness (QED) is 0.0400. The van der Waals surface area contributed by atoms with Crippen LogP contribution in [0.5, 0.6) is 12.0 Å². The number of aromatic nitrogens is 8. The van der Waals surface area contributed by atoms with Crippen molar-refractivity contribution in [3.8, 4) is 34.5 Å². The van der Waals surface area contributed by atoms with Crippen molar-refractivity contribution >= 4 is 78.6 Å². The minimum absolute atomic E-state index is 0.00116. The van der Waals surface area contributed by atoms with E-state index < -0.39 is 52.7 Å². The molecule has 0 spiro atoms. The maximum Gasteiger partial charge on any atom is 0.319 e. The van der Waals surface area contributed by atoms with Crippen LogP contribution in [0.1, 0.15) is 107 Å². The van der Waals surface area contributed by atoms with E-state index in [1.165, 1.54) is 24.4 Å². The highest BCUT2D eigenvalue weighted by Gasteiger charge is 2.55. The topological polar surface area (TPSA) is 171 Å². The van der Waals surface area contributed by atoms with Crippen molar-refractivity contribution in [3.05, 3.63) is 137 Å². The maximum absolute atomic E-state index is 17.9. The van der Waals surface area contributed by atoms with Gasteiger partial charge in [0.05, 0.1) is 21.9 Å². The van der Waals surface area contributed by atoms with Crippen LogP contribution in [0.15, 0.2) is 96.3 Å². The summed E-state index contributed by atoms with van der Waals surface area (Å²) >= 11 is 6.80. The molecule has 9 aromatic rings. The SMILES string of the molecule is C=CCN1CC[C@@H](N(CC2CC2)c2nc(OC[C@@]34CCC(c5cc6cccc(-c7ncc8c(N(C)[C@@H]9CCN(C(=O)/C=C/c%10nc(C(C)C)no%10)C9)nc(OC[C@@]9%10CCCN9C[C@H](F)C%10)nc8c7F)c6c(F)c5F)N3C[C@H](F)C4)nc3c(F)c(-c4cccc5cccc(Cl)c45)ncc23)C1. The third-order valence-electron chi connectivity index (χ3n) is 21.8. The third-order valence-corrected chi connectivity index (χ3v) is 22.2. The van der Waals surface area contributed by atoms with E-state index in [-0.39, 0.29) is 143 Å². The Bertz CT molecular complexity index is 4710. The summed E-state index contributed by atoms with van der Waals surface area (Å²) in [6.45, 7) is 12.3. The molecule has 1 unspecified atom stereocenters. The molecule has 25 heteroatoms. The van der Waals surface area contributed by atoms with Crippen LogP contribution >= 0.6 is 11.6 Å². The minimum atomic E-state index is -1.36. The number of ether oxygens (including phenoxy) is 2. The number of amides is 1. The Morgan fingerprint density at radius 2 is 1.40 bits per heavy atom. The number of fused-ring (bicyclic) bond motifs is 6. The molecule has 514 valence electrons. The summed E-state index contributed by atoms with van der Waals surface area (Å²) in [7, 11) is 1.78. The number of benzene rings is 4. The first-order chi connectivity index (χ1) is 47.9. The zero-order valence-corrected chi connectivity index (χ0v) is 56.1. The lowest BCUT2D eigenvalue weighted by Crippen LogP contribution is -2.44. The molecule has 1 amide bonds. The molecular formula is C74H75ClF6N14O4. The molecule has 1 aliphatic carbocycles. The summed E-state index contributed by atoms with van der Waals surface area (Å²) in [5.74, 6) is -2.40. The number of pyridine rings is 2. The van der Waals surface area contributed by atoms with E-state index in [1.807, 2.05) is 54.0 Å². The first kappa shape index (κ1) is 65.1. The van der Waals surface area contributed by atoms with Crippen LogP contribution < -0.4 is 19.3 Å². The molecule has 7 fully saturated rings. The molecule has 7 aliphatic rings. The summed E-state index contributed by atoms with van der Waals surface area (Å²) in [4.78, 5) is 58.7. The predicted molar refractivity (Wildman–Crippen MR) is 366 cm³/mol. The van der Waals surface area contributed by atoms with E-state index in [2.05, 4.69) is 41.4 Å². The van der Waals surface area contributed by atoms with Crippen molar-refractivity contribution in [2.24, 2.45) is 5.92 Å². The fraction of sp³-hybridized carbons (Fsp3) is 0.446. The van der Waals surface area contributed by atoms with Crippen LogP contribution in [0.4, 0.5) is 38.0 Å². The molecule has 0 N–H and O–H groups in total. The number of halogens is 7. The predicted octanol–water partition coefficient (Wildman–Crippen LogP) is 13.6. The van der Waals surface area contributed by atoms with Gasteiger partial charge in [0.25, 0.3) is 5.89 Å². The van der Waals surface area contributed by atoms with Crippen molar-refractivity contribution in [2.45, 2.75) is 126 Å². The molecule has 7 atom stereocenters. The monoisotopic (exact) mass is 1370 g/mol. The fourth-order valence-electron chi connectivity index (χ4n) is 16.7. The molecule has 99 heavy (non-hydrogen) atoms. The molecule has 6 aliphatic heterocycles. The van der Waals surface area contributed by atoms with E-state index in [1.54, 1.807) is 48.5 Å². The van der Waals surface area contributed by atoms with Gasteiger partial charge in [0.1, 0.15) is 59.6 Å². The lowest BCUT2D eigenvalue weighted by Gasteiger charge is -2.35. The van der Waals surface area contributed by atoms with E-state index in [9.17, 15) is 4.79 Å². The summed E-state index contributed by atoms with van der Waals surface area (Å²) < 4.78 is 120. The molecule has 0 radical (unpaired) electrons. The molecule has 0 bridgehead atoms. The van der Waals surface area contributed by atoms with Crippen LogP contribution in [0.2, 0.25) is 5.02 Å². The van der Waals surface area contributed by atoms with Gasteiger partial charge in [-0.2, -0.15) is 24.9 Å². The van der Waals surface area contributed by atoms with Crippen molar-refractivity contribution in [1.82, 2.24) is 59.6 Å². The minimum Gasteiger partial charge on any atom is -0.461 e. The van der Waals surface area contributed by atoms with Crippen molar-refractivity contribution < 1.29 is 45.1 Å². The number of likely N-dealkylation sites (tertiary alicyclic amines) is 2. The zero-order valence-electron chi connectivity index (χ0n) is 55.3. The summed E-state index contributed by atoms with van der Waals surface area (Å²) in [5, 5.41) is 6.49. The Morgan fingerprint density at radius 1 is 0.737 bits per heavy atom. The summed E-state index contributed by atoms with van der Waals surface area (Å²) in [6, 6.07) is 15.9. The zero-order chi connectivity index (χ0) is 68.2. The molecule has 4 aromatic carbocycles. The van der Waals surface area contributed by atoms with Crippen molar-refractivity contribution in [3.63, 3.8) is 0 Å². The molecule has 5 aromatic heterocycles. The van der Waals surface area contributed by atoms with E-state index in [0.29, 0.717) is 90.8 Å². The Labute approximate surface area is 573 Å². The second kappa shape index (κ2) is 25.9. The standard InChI is InChI=1S/C74H75ClF6N14O4/c1-5-25-91-27-21-48(37-91)94(34-42-16-17-42)70-53-33-83-64(49-13-6-10-43-11-8-15-54(75)58(43)49)62(80)67(53)86-72(88-70)98-40-74-24-20-55(95(74)36-46(77)31-74)51-29-44-12-7-14-50(59(44)61(79)60(51)78)65-63(81)66-52(32-82-65)69(87-71(85-66)97-39-73-23-9-26-93(73)35-45(76)30-73)90(4)47-22-28-92(38-47)57(96)19-18-56-84-68(41(2)3)89-99-56/h5-8,10-15,18-19,29,32-33,41-42,45-48,55H,1,9,16-17,20-28,30-31,34-40H2,2-4H3/b19-18+/t45-,46-,47-,48-,55?,73+,74+/m1/s1. The van der Waals surface area contributed by atoms with Gasteiger partial charge >= 0.3 is 12.0 Å². The number of nitrogens with zero attached hydrogens (tertiary/aromatic N) is 14. The highest BCUT2D eigenvalue weighted by atomic mass is 35.5. The second-order valence-electron chi connectivity index (χ2n) is 28.5. The van der Waals surface area contributed by atoms with E-state index in [0.717, 1.165) is 44.2 Å². The summed E-state index contributed by atoms with van der Waals surface area (Å²) in [5.41, 5.74) is -1.64. The van der Waals surface area contributed by atoms with E-state index >= 15 is 26.3 Å². The van der Waals surface area contributed by atoms with Crippen molar-refractivity contribution in [2.75, 3.05) is 89.0 Å². The van der Waals surface area contributed by atoms with Crippen LogP contribution in [-0.4, -0.2) is 180 Å². The molecule has 11 heterocycles. The number of carbonyl (C=O) groups excluding carboxylic acids is 1. The van der Waals surface area contributed by atoms with Gasteiger partial charge in [0.15, 0.2) is 29.1 Å². The van der Waals surface area contributed by atoms with Gasteiger partial charge < -0.3 is 28.7 Å². The Morgan fingerprint density at radius 3 is 2.12 bits per heavy atom. The van der Waals surface area contributed by atoms with Crippen molar-refractivity contribution in [1.29, 1.82) is 0 Å². The smallest absolute Gasteiger partial charge is 0.319 e. The Hall–Kier alpha value is -8.58. The molecule has 18 nitrogen and oxygen atoms in total. The van der Waals surface area contributed by atoms with E-state index in [4.69, 9.17) is 45.5 Å². The highest BCUT2D eigenvalue weighted by molar-refractivity contribution is 6.36. The number of likely N-dealkylation sites (N-methyl/N-ethyl adjacent to an activating group) is 1. The number of anilines is 2. The number of rotatable bonds is 20. The van der Waals surface area contributed by atoms with Gasteiger partial charge in [-0.25, -0.2) is 26.3 Å².